The molecule has 0 radical (unpaired) electrons. The quantitative estimate of drug-likeness (QED) is 0.333. The van der Waals surface area contributed by atoms with Gasteiger partial charge in [-0.05, 0) is 35.7 Å². The zero-order chi connectivity index (χ0) is 19.7. The van der Waals surface area contributed by atoms with Gasteiger partial charge in [-0.2, -0.15) is 0 Å². The van der Waals surface area contributed by atoms with Gasteiger partial charge in [0.05, 0.1) is 11.0 Å². The largest absolute Gasteiger partial charge is 1.00 e. The predicted molar refractivity (Wildman–Crippen MR) is 97.7 cm³/mol. The van der Waals surface area contributed by atoms with Gasteiger partial charge >= 0.3 is 29.6 Å². The fourth-order valence-corrected chi connectivity index (χ4v) is 3.08. The van der Waals surface area contributed by atoms with Crippen LogP contribution in [-0.2, 0) is 19.9 Å². The molecule has 4 N–H and O–H groups in total. The van der Waals surface area contributed by atoms with Crippen LogP contribution in [0.25, 0.3) is 11.0 Å². The molecule has 0 spiro atoms. The Morgan fingerprint density at radius 3 is 2.50 bits per heavy atom. The first-order chi connectivity index (χ1) is 12.8. The van der Waals surface area contributed by atoms with Crippen LogP contribution in [-0.4, -0.2) is 32.0 Å². The van der Waals surface area contributed by atoms with Crippen molar-refractivity contribution in [2.45, 2.75) is 19.1 Å². The molecule has 142 valence electrons. The molecule has 7 nitrogen and oxygen atoms in total. The Balaban J connectivity index is 0.00000210. The molecule has 0 bridgehead atoms. The number of aromatic nitrogens is 2. The summed E-state index contributed by atoms with van der Waals surface area (Å²) in [6.45, 7) is 0. The van der Waals surface area contributed by atoms with Gasteiger partial charge in [-0.3, -0.25) is 14.6 Å². The topological polar surface area (TPSA) is 118 Å². The van der Waals surface area contributed by atoms with Crippen LogP contribution >= 0.6 is 0 Å². The number of rotatable bonds is 5. The Morgan fingerprint density at radius 1 is 1.29 bits per heavy atom. The fraction of sp³-hybridized carbons (Fsp3) is 0.211. The molecule has 0 saturated carbocycles. The summed E-state index contributed by atoms with van der Waals surface area (Å²) >= 11 is 0. The molecule has 0 fully saturated rings. The number of amides is 1. The van der Waals surface area contributed by atoms with E-state index in [2.05, 4.69) is 4.98 Å². The molecule has 0 unspecified atom stereocenters. The maximum Gasteiger partial charge on any atom is 1.00 e. The maximum atomic E-state index is 13.1. The first-order valence-electron chi connectivity index (χ1n) is 8.18. The third kappa shape index (κ3) is 4.48. The molecule has 0 aliphatic heterocycles. The summed E-state index contributed by atoms with van der Waals surface area (Å²) in [6.07, 6.45) is -0.0878. The average Bonchev–Trinajstić information content (AvgIpc) is 2.61. The molecule has 1 aromatic carbocycles. The molecule has 0 aliphatic carbocycles. The molecule has 2 heterocycles. The van der Waals surface area contributed by atoms with Gasteiger partial charge in [0, 0.05) is 25.2 Å². The average molecular weight is 395 g/mol. The van der Waals surface area contributed by atoms with Gasteiger partial charge in [-0.15, -0.1) is 0 Å². The van der Waals surface area contributed by atoms with Crippen molar-refractivity contribution < 1.29 is 50.4 Å². The first kappa shape index (κ1) is 22.2. The van der Waals surface area contributed by atoms with Crippen LogP contribution in [0.3, 0.4) is 0 Å². The Labute approximate surface area is 183 Å². The smallest absolute Gasteiger partial charge is 1.00 e. The molecule has 3 aromatic rings. The van der Waals surface area contributed by atoms with Crippen LogP contribution in [0, 0.1) is 5.82 Å². The molecular formula is C19H19FN3NaO4. The SMILES string of the molecule is Cn1c(=O)c(C(N)=O)c(CC(O)O)c2ncc(Cc3ccc(F)cc3)cc21.[H-].[Na+]. The maximum absolute atomic E-state index is 13.1. The van der Waals surface area contributed by atoms with Crippen LogP contribution in [0.4, 0.5) is 4.39 Å². The number of pyridine rings is 2. The second-order valence-corrected chi connectivity index (χ2v) is 6.28. The number of primary amides is 1. The number of hydrogen-bond donors (Lipinski definition) is 3. The third-order valence-electron chi connectivity index (χ3n) is 4.35. The number of aliphatic hydroxyl groups is 2. The molecule has 28 heavy (non-hydrogen) atoms. The molecule has 3 rings (SSSR count). The number of aliphatic hydroxyl groups excluding tert-OH is 1. The van der Waals surface area contributed by atoms with E-state index in [1.807, 2.05) is 0 Å². The van der Waals surface area contributed by atoms with Gasteiger partial charge in [0.25, 0.3) is 11.5 Å². The zero-order valence-electron chi connectivity index (χ0n) is 16.5. The summed E-state index contributed by atoms with van der Waals surface area (Å²) in [5.41, 5.74) is 6.84. The summed E-state index contributed by atoms with van der Waals surface area (Å²) in [5, 5.41) is 18.7. The number of nitrogens with zero attached hydrogens (tertiary/aromatic N) is 2. The monoisotopic (exact) mass is 395 g/mol. The van der Waals surface area contributed by atoms with Gasteiger partial charge in [0.1, 0.15) is 11.4 Å². The standard InChI is InChI=1S/C19H18FN3O4.Na.H/c1-23-14-7-11(6-10-2-4-12(20)5-3-10)9-22-17(14)13(8-15(24)25)16(18(21)26)19(23)27;;/h2-5,7,9,15,24-25H,6,8H2,1H3,(H2,21,26);;/q;+1;-1. The normalized spacial score (nSPS) is 10.9. The van der Waals surface area contributed by atoms with E-state index in [1.54, 1.807) is 24.4 Å². The Kier molecular flexibility index (Phi) is 7.08. The molecule has 9 heteroatoms. The van der Waals surface area contributed by atoms with Gasteiger partial charge in [-0.1, -0.05) is 12.1 Å². The van der Waals surface area contributed by atoms with Gasteiger partial charge in [-0.25, -0.2) is 4.39 Å². The number of aryl methyl sites for hydroxylation is 1. The van der Waals surface area contributed by atoms with Crippen LogP contribution in [0.15, 0.2) is 41.3 Å². The van der Waals surface area contributed by atoms with Crippen molar-refractivity contribution in [2.75, 3.05) is 0 Å². The molecule has 0 aliphatic rings. The number of benzene rings is 1. The second kappa shape index (κ2) is 8.93. The van der Waals surface area contributed by atoms with Crippen molar-refractivity contribution in [3.05, 3.63) is 75.0 Å². The van der Waals surface area contributed by atoms with E-state index >= 15 is 0 Å². The van der Waals surface area contributed by atoms with Gasteiger partial charge < -0.3 is 21.9 Å². The van der Waals surface area contributed by atoms with E-state index in [9.17, 15) is 24.2 Å². The van der Waals surface area contributed by atoms with Gasteiger partial charge in [0.2, 0.25) is 0 Å². The third-order valence-corrected chi connectivity index (χ3v) is 4.35. The van der Waals surface area contributed by atoms with E-state index < -0.39 is 17.8 Å². The van der Waals surface area contributed by atoms with Crippen LogP contribution in [0.5, 0.6) is 0 Å². The van der Waals surface area contributed by atoms with Crippen molar-refractivity contribution in [3.8, 4) is 0 Å². The number of hydrogen-bond acceptors (Lipinski definition) is 5. The van der Waals surface area contributed by atoms with Crippen molar-refractivity contribution in [3.63, 3.8) is 0 Å². The van der Waals surface area contributed by atoms with Crippen LogP contribution in [0.1, 0.15) is 28.5 Å². The fourth-order valence-electron chi connectivity index (χ4n) is 3.08. The van der Waals surface area contributed by atoms with Crippen molar-refractivity contribution >= 4 is 16.9 Å². The van der Waals surface area contributed by atoms with Crippen molar-refractivity contribution in [1.29, 1.82) is 0 Å². The minimum absolute atomic E-state index is 0. The minimum atomic E-state index is -1.76. The van der Waals surface area contributed by atoms with E-state index in [0.29, 0.717) is 17.5 Å². The minimum Gasteiger partial charge on any atom is -1.00 e. The summed E-state index contributed by atoms with van der Waals surface area (Å²) in [4.78, 5) is 28.6. The first-order valence-corrected chi connectivity index (χ1v) is 8.18. The summed E-state index contributed by atoms with van der Waals surface area (Å²) in [6, 6.07) is 7.76. The molecule has 1 amide bonds. The Morgan fingerprint density at radius 2 is 1.93 bits per heavy atom. The summed E-state index contributed by atoms with van der Waals surface area (Å²) in [7, 11) is 1.49. The predicted octanol–water partition coefficient (Wildman–Crippen LogP) is -2.27. The number of halogens is 1. The van der Waals surface area contributed by atoms with E-state index in [4.69, 9.17) is 5.73 Å². The summed E-state index contributed by atoms with van der Waals surface area (Å²) < 4.78 is 14.3. The van der Waals surface area contributed by atoms with Gasteiger partial charge in [0.15, 0.2) is 6.29 Å². The molecule has 2 aromatic heterocycles. The van der Waals surface area contributed by atoms with E-state index in [-0.39, 0.29) is 54.3 Å². The number of carbonyl (C=O) groups is 1. The zero-order valence-corrected chi connectivity index (χ0v) is 17.5. The number of fused-ring (bicyclic) bond motifs is 1. The molecule has 0 saturated heterocycles. The van der Waals surface area contributed by atoms with Crippen molar-refractivity contribution in [1.82, 2.24) is 9.55 Å². The molecule has 0 atom stereocenters. The molecular weight excluding hydrogens is 376 g/mol. The van der Waals surface area contributed by atoms with Crippen molar-refractivity contribution in [2.24, 2.45) is 12.8 Å². The van der Waals surface area contributed by atoms with Crippen LogP contribution in [0.2, 0.25) is 0 Å². The summed E-state index contributed by atoms with van der Waals surface area (Å²) in [5.74, 6) is -1.28. The number of nitrogens with two attached hydrogens (primary N) is 1. The van der Waals surface area contributed by atoms with Crippen LogP contribution < -0.4 is 40.9 Å². The van der Waals surface area contributed by atoms with E-state index in [1.165, 1.54) is 23.7 Å². The Bertz CT molecular complexity index is 1090. The Hall–Kier alpha value is -2.10. The number of carbonyl (C=O) groups excluding carboxylic acids is 1. The second-order valence-electron chi connectivity index (χ2n) is 6.28. The van der Waals surface area contributed by atoms with E-state index in [0.717, 1.165) is 11.1 Å².